The van der Waals surface area contributed by atoms with Gasteiger partial charge in [0, 0.05) is 23.0 Å². The highest BCUT2D eigenvalue weighted by molar-refractivity contribution is 7.89. The molecule has 0 radical (unpaired) electrons. The molecule has 7 nitrogen and oxygen atoms in total. The summed E-state index contributed by atoms with van der Waals surface area (Å²) in [6.07, 6.45) is 2.60. The minimum absolute atomic E-state index is 0.0227. The lowest BCUT2D eigenvalue weighted by atomic mass is 10.1. The van der Waals surface area contributed by atoms with Gasteiger partial charge in [0.25, 0.3) is 5.91 Å². The standard InChI is InChI=1S/C21H25N3O4S2/c1-13-7-5-6-10-24(13)30(26,27)19-11-16(8-9-18(19)28-4)20(25)23-21-17(12-22)14(2)15(3)29-21/h8-9,11,13H,5-7,10H2,1-4H3,(H,23,25)/t13-/m1/s1. The number of ether oxygens (including phenoxy) is 1. The van der Waals surface area contributed by atoms with Gasteiger partial charge >= 0.3 is 0 Å². The van der Waals surface area contributed by atoms with Gasteiger partial charge in [0.05, 0.1) is 12.7 Å². The zero-order valence-electron chi connectivity index (χ0n) is 17.5. The first-order valence-corrected chi connectivity index (χ1v) is 12.0. The van der Waals surface area contributed by atoms with Gasteiger partial charge < -0.3 is 10.1 Å². The Labute approximate surface area is 181 Å². The van der Waals surface area contributed by atoms with Gasteiger partial charge in [-0.2, -0.15) is 9.57 Å². The Bertz CT molecular complexity index is 1120. The lowest BCUT2D eigenvalue weighted by Gasteiger charge is -2.32. The van der Waals surface area contributed by atoms with Crippen LogP contribution in [0.5, 0.6) is 5.75 Å². The number of hydrogen-bond acceptors (Lipinski definition) is 6. The van der Waals surface area contributed by atoms with E-state index in [1.807, 2.05) is 20.8 Å². The highest BCUT2D eigenvalue weighted by Gasteiger charge is 2.33. The molecule has 2 aromatic rings. The molecule has 9 heteroatoms. The second-order valence-electron chi connectivity index (χ2n) is 7.38. The number of methoxy groups -OCH3 is 1. The van der Waals surface area contributed by atoms with E-state index in [2.05, 4.69) is 11.4 Å². The Balaban J connectivity index is 1.97. The minimum atomic E-state index is -3.82. The lowest BCUT2D eigenvalue weighted by molar-refractivity contribution is 0.102. The van der Waals surface area contributed by atoms with Gasteiger partial charge in [-0.1, -0.05) is 6.42 Å². The van der Waals surface area contributed by atoms with E-state index in [4.69, 9.17) is 4.74 Å². The summed E-state index contributed by atoms with van der Waals surface area (Å²) >= 11 is 1.32. The number of sulfonamides is 1. The van der Waals surface area contributed by atoms with Crippen LogP contribution in [-0.2, 0) is 10.0 Å². The van der Waals surface area contributed by atoms with Crippen LogP contribution in [0.15, 0.2) is 23.1 Å². The topological polar surface area (TPSA) is 99.5 Å². The largest absolute Gasteiger partial charge is 0.495 e. The van der Waals surface area contributed by atoms with Gasteiger partial charge in [-0.05, 0) is 57.4 Å². The van der Waals surface area contributed by atoms with E-state index in [0.29, 0.717) is 17.1 Å². The number of nitriles is 1. The van der Waals surface area contributed by atoms with E-state index in [-0.39, 0.29) is 22.3 Å². The maximum absolute atomic E-state index is 13.3. The van der Waals surface area contributed by atoms with E-state index in [0.717, 1.165) is 29.7 Å². The van der Waals surface area contributed by atoms with Crippen molar-refractivity contribution >= 4 is 32.3 Å². The zero-order chi connectivity index (χ0) is 22.1. The van der Waals surface area contributed by atoms with Gasteiger partial charge in [0.1, 0.15) is 21.7 Å². The van der Waals surface area contributed by atoms with Crippen LogP contribution in [0, 0.1) is 25.2 Å². The van der Waals surface area contributed by atoms with Crippen LogP contribution in [0.4, 0.5) is 5.00 Å². The first kappa shape index (κ1) is 22.3. The normalized spacial score (nSPS) is 17.4. The molecule has 1 fully saturated rings. The van der Waals surface area contributed by atoms with E-state index >= 15 is 0 Å². The monoisotopic (exact) mass is 447 g/mol. The third kappa shape index (κ3) is 4.08. The molecule has 1 N–H and O–H groups in total. The van der Waals surface area contributed by atoms with Crippen molar-refractivity contribution in [2.45, 2.75) is 51.0 Å². The summed E-state index contributed by atoms with van der Waals surface area (Å²) in [5.74, 6) is -0.275. The molecule has 0 bridgehead atoms. The number of nitrogens with zero attached hydrogens (tertiary/aromatic N) is 2. The molecule has 160 valence electrons. The van der Waals surface area contributed by atoms with Crippen LogP contribution in [0.25, 0.3) is 0 Å². The first-order valence-electron chi connectivity index (χ1n) is 9.72. The summed E-state index contributed by atoms with van der Waals surface area (Å²) in [4.78, 5) is 13.8. The quantitative estimate of drug-likeness (QED) is 0.745. The Morgan fingerprint density at radius 3 is 2.70 bits per heavy atom. The number of rotatable bonds is 5. The molecule has 1 aromatic carbocycles. The average molecular weight is 448 g/mol. The van der Waals surface area contributed by atoms with Crippen LogP contribution in [0.2, 0.25) is 0 Å². The van der Waals surface area contributed by atoms with Crippen molar-refractivity contribution in [3.63, 3.8) is 0 Å². The number of aryl methyl sites for hydroxylation is 1. The summed E-state index contributed by atoms with van der Waals surface area (Å²) in [5.41, 5.74) is 1.44. The second-order valence-corrected chi connectivity index (χ2v) is 10.5. The van der Waals surface area contributed by atoms with Crippen molar-refractivity contribution in [2.24, 2.45) is 0 Å². The Hall–Kier alpha value is -2.41. The molecule has 0 aliphatic carbocycles. The van der Waals surface area contributed by atoms with Crippen LogP contribution < -0.4 is 10.1 Å². The number of piperidine rings is 1. The number of carbonyl (C=O) groups is 1. The van der Waals surface area contributed by atoms with Gasteiger partial charge in [0.2, 0.25) is 10.0 Å². The Morgan fingerprint density at radius 1 is 1.33 bits per heavy atom. The van der Waals surface area contributed by atoms with Crippen LogP contribution in [0.1, 0.15) is 52.5 Å². The molecule has 1 aliphatic heterocycles. The molecule has 0 saturated carbocycles. The maximum Gasteiger partial charge on any atom is 0.256 e. The number of amides is 1. The Morgan fingerprint density at radius 2 is 2.07 bits per heavy atom. The van der Waals surface area contributed by atoms with Crippen molar-refractivity contribution in [1.29, 1.82) is 5.26 Å². The third-order valence-corrected chi connectivity index (χ3v) is 8.64. The number of nitrogens with one attached hydrogen (secondary N) is 1. The number of anilines is 1. The fraction of sp³-hybridized carbons (Fsp3) is 0.429. The average Bonchev–Trinajstić information content (AvgIpc) is 3.00. The van der Waals surface area contributed by atoms with Crippen LogP contribution in [-0.4, -0.2) is 38.3 Å². The number of hydrogen-bond donors (Lipinski definition) is 1. The van der Waals surface area contributed by atoms with Gasteiger partial charge in [-0.25, -0.2) is 8.42 Å². The number of thiophene rings is 1. The summed E-state index contributed by atoms with van der Waals surface area (Å²) in [5, 5.41) is 12.6. The highest BCUT2D eigenvalue weighted by Crippen LogP contribution is 2.34. The van der Waals surface area contributed by atoms with Crippen LogP contribution in [0.3, 0.4) is 0 Å². The van der Waals surface area contributed by atoms with E-state index in [1.165, 1.54) is 41.0 Å². The summed E-state index contributed by atoms with van der Waals surface area (Å²) in [7, 11) is -2.41. The summed E-state index contributed by atoms with van der Waals surface area (Å²) in [6, 6.07) is 6.37. The molecule has 1 amide bonds. The zero-order valence-corrected chi connectivity index (χ0v) is 19.1. The van der Waals surface area contributed by atoms with Crippen molar-refractivity contribution in [3.05, 3.63) is 39.8 Å². The molecule has 1 atom stereocenters. The molecule has 0 spiro atoms. The van der Waals surface area contributed by atoms with Crippen molar-refractivity contribution in [1.82, 2.24) is 4.31 Å². The minimum Gasteiger partial charge on any atom is -0.495 e. The number of benzene rings is 1. The lowest BCUT2D eigenvalue weighted by Crippen LogP contribution is -2.42. The fourth-order valence-electron chi connectivity index (χ4n) is 3.60. The van der Waals surface area contributed by atoms with Gasteiger partial charge in [-0.15, -0.1) is 11.3 Å². The third-order valence-electron chi connectivity index (χ3n) is 5.48. The van der Waals surface area contributed by atoms with Crippen molar-refractivity contribution < 1.29 is 17.9 Å². The molecule has 0 unspecified atom stereocenters. The van der Waals surface area contributed by atoms with Crippen LogP contribution >= 0.6 is 11.3 Å². The van der Waals surface area contributed by atoms with Gasteiger partial charge in [-0.3, -0.25) is 4.79 Å². The fourth-order valence-corrected chi connectivity index (χ4v) is 6.49. The predicted octanol–water partition coefficient (Wildman–Crippen LogP) is 4.06. The molecule has 1 aromatic heterocycles. The highest BCUT2D eigenvalue weighted by atomic mass is 32.2. The smallest absolute Gasteiger partial charge is 0.256 e. The molecule has 2 heterocycles. The first-order chi connectivity index (χ1) is 14.2. The van der Waals surface area contributed by atoms with E-state index in [1.54, 1.807) is 0 Å². The molecular weight excluding hydrogens is 422 g/mol. The summed E-state index contributed by atoms with van der Waals surface area (Å²) in [6.45, 7) is 6.05. The van der Waals surface area contributed by atoms with Gasteiger partial charge in [0.15, 0.2) is 0 Å². The Kier molecular flexibility index (Phi) is 6.50. The molecular formula is C21H25N3O4S2. The van der Waals surface area contributed by atoms with E-state index < -0.39 is 15.9 Å². The molecule has 30 heavy (non-hydrogen) atoms. The maximum atomic E-state index is 13.3. The van der Waals surface area contributed by atoms with E-state index in [9.17, 15) is 18.5 Å². The molecule has 1 aliphatic rings. The number of carbonyl (C=O) groups excluding carboxylic acids is 1. The predicted molar refractivity (Wildman–Crippen MR) is 117 cm³/mol. The van der Waals surface area contributed by atoms with Crippen molar-refractivity contribution in [2.75, 3.05) is 19.0 Å². The SMILES string of the molecule is COc1ccc(C(=O)Nc2sc(C)c(C)c2C#N)cc1S(=O)(=O)N1CCCC[C@H]1C. The summed E-state index contributed by atoms with van der Waals surface area (Å²) < 4.78 is 33.4. The molecule has 1 saturated heterocycles. The van der Waals surface area contributed by atoms with Crippen molar-refractivity contribution in [3.8, 4) is 11.8 Å². The second kappa shape index (κ2) is 8.76. The molecule has 3 rings (SSSR count).